The molecular weight excluding hydrogens is 266 g/mol. The summed E-state index contributed by atoms with van der Waals surface area (Å²) in [4.78, 5) is 23.8. The van der Waals surface area contributed by atoms with Gasteiger partial charge in [-0.05, 0) is 36.8 Å². The molecule has 0 spiro atoms. The molecule has 0 aromatic heterocycles. The van der Waals surface area contributed by atoms with Crippen molar-refractivity contribution in [2.45, 2.75) is 39.5 Å². The molecule has 0 saturated heterocycles. The quantitative estimate of drug-likeness (QED) is 0.845. The summed E-state index contributed by atoms with van der Waals surface area (Å²) in [5.41, 5.74) is 1.61. The van der Waals surface area contributed by atoms with E-state index >= 15 is 0 Å². The van der Waals surface area contributed by atoms with Crippen molar-refractivity contribution in [3.05, 3.63) is 35.4 Å². The lowest BCUT2D eigenvalue weighted by atomic mass is 9.82. The lowest BCUT2D eigenvalue weighted by molar-refractivity contribution is -0.149. The molecule has 0 heterocycles. The fourth-order valence-corrected chi connectivity index (χ4v) is 3.02. The van der Waals surface area contributed by atoms with Gasteiger partial charge >= 0.3 is 5.97 Å². The Morgan fingerprint density at radius 3 is 2.14 bits per heavy atom. The molecule has 0 fully saturated rings. The fraction of sp³-hybridized carbons (Fsp3) is 0.529. The van der Waals surface area contributed by atoms with E-state index in [-0.39, 0.29) is 18.4 Å². The van der Waals surface area contributed by atoms with E-state index in [1.165, 1.54) is 11.1 Å². The predicted octanol–water partition coefficient (Wildman–Crippen LogP) is 2.41. The van der Waals surface area contributed by atoms with E-state index in [1.807, 2.05) is 26.0 Å². The second kappa shape index (κ2) is 6.29. The van der Waals surface area contributed by atoms with Gasteiger partial charge in [0, 0.05) is 12.5 Å². The number of carboxylic acids is 1. The fourth-order valence-electron chi connectivity index (χ4n) is 3.02. The molecule has 0 atom stereocenters. The molecule has 4 heteroatoms. The molecule has 0 aliphatic heterocycles. The zero-order valence-corrected chi connectivity index (χ0v) is 12.7. The number of carbonyl (C=O) groups excluding carboxylic acids is 1. The van der Waals surface area contributed by atoms with Crippen LogP contribution in [-0.4, -0.2) is 23.5 Å². The highest BCUT2D eigenvalue weighted by Crippen LogP contribution is 2.28. The van der Waals surface area contributed by atoms with Crippen molar-refractivity contribution < 1.29 is 14.7 Å². The smallest absolute Gasteiger partial charge is 0.311 e. The molecule has 0 unspecified atom stereocenters. The highest BCUT2D eigenvalue weighted by Gasteiger charge is 2.36. The zero-order chi connectivity index (χ0) is 15.5. The van der Waals surface area contributed by atoms with Gasteiger partial charge in [-0.3, -0.25) is 9.59 Å². The van der Waals surface area contributed by atoms with E-state index in [9.17, 15) is 14.7 Å². The Morgan fingerprint density at radius 2 is 1.71 bits per heavy atom. The summed E-state index contributed by atoms with van der Waals surface area (Å²) in [6.07, 6.45) is 2.54. The van der Waals surface area contributed by atoms with Gasteiger partial charge in [-0.15, -0.1) is 0 Å². The number of aliphatic carboxylic acids is 1. The first-order chi connectivity index (χ1) is 10.0. The van der Waals surface area contributed by atoms with Crippen molar-refractivity contribution in [3.8, 4) is 0 Å². The minimum atomic E-state index is -0.846. The lowest BCUT2D eigenvalue weighted by Gasteiger charge is -2.27. The summed E-state index contributed by atoms with van der Waals surface area (Å²) in [5, 5.41) is 12.3. The van der Waals surface area contributed by atoms with Gasteiger partial charge in [0.05, 0.1) is 5.41 Å². The number of fused-ring (bicyclic) bond motifs is 1. The third kappa shape index (κ3) is 3.09. The Bertz CT molecular complexity index is 510. The Kier molecular flexibility index (Phi) is 4.66. The number of hydrogen-bond donors (Lipinski definition) is 2. The zero-order valence-electron chi connectivity index (χ0n) is 12.7. The largest absolute Gasteiger partial charge is 0.481 e. The molecular formula is C17H23NO3. The first-order valence-corrected chi connectivity index (χ1v) is 7.60. The minimum absolute atomic E-state index is 0.0290. The van der Waals surface area contributed by atoms with Crippen molar-refractivity contribution in [2.75, 3.05) is 6.54 Å². The van der Waals surface area contributed by atoms with E-state index in [0.29, 0.717) is 12.8 Å². The van der Waals surface area contributed by atoms with Crippen LogP contribution in [0.2, 0.25) is 0 Å². The van der Waals surface area contributed by atoms with Crippen LogP contribution in [0.25, 0.3) is 0 Å². The highest BCUT2D eigenvalue weighted by atomic mass is 16.4. The van der Waals surface area contributed by atoms with Crippen LogP contribution < -0.4 is 5.32 Å². The third-order valence-corrected chi connectivity index (χ3v) is 4.83. The van der Waals surface area contributed by atoms with Crippen LogP contribution in [0.5, 0.6) is 0 Å². The van der Waals surface area contributed by atoms with Crippen molar-refractivity contribution in [2.24, 2.45) is 11.3 Å². The molecule has 1 aromatic rings. The molecule has 21 heavy (non-hydrogen) atoms. The summed E-state index contributed by atoms with van der Waals surface area (Å²) in [6, 6.07) is 8.09. The van der Waals surface area contributed by atoms with Crippen LogP contribution in [0.3, 0.4) is 0 Å². The predicted molar refractivity (Wildman–Crippen MR) is 81.0 cm³/mol. The number of nitrogens with one attached hydrogen (secondary N) is 1. The summed E-state index contributed by atoms with van der Waals surface area (Å²) >= 11 is 0. The lowest BCUT2D eigenvalue weighted by Crippen LogP contribution is -2.44. The van der Waals surface area contributed by atoms with Crippen LogP contribution in [0.1, 0.15) is 37.8 Å². The molecule has 1 aliphatic rings. The molecule has 4 nitrogen and oxygen atoms in total. The first kappa shape index (κ1) is 15.5. The maximum Gasteiger partial charge on any atom is 0.311 e. The number of carboxylic acid groups (broad SMARTS) is 1. The number of rotatable bonds is 6. The van der Waals surface area contributed by atoms with Crippen molar-refractivity contribution in [1.82, 2.24) is 5.32 Å². The first-order valence-electron chi connectivity index (χ1n) is 7.60. The second-order valence-corrected chi connectivity index (χ2v) is 5.88. The molecule has 2 rings (SSSR count). The van der Waals surface area contributed by atoms with E-state index < -0.39 is 11.4 Å². The Morgan fingerprint density at radius 1 is 1.19 bits per heavy atom. The molecule has 0 saturated carbocycles. The average Bonchev–Trinajstić information content (AvgIpc) is 2.92. The SMILES string of the molecule is CCC(CC)(CNC(=O)C1Cc2ccccc2C1)C(=O)O. The monoisotopic (exact) mass is 289 g/mol. The van der Waals surface area contributed by atoms with Crippen LogP contribution >= 0.6 is 0 Å². The van der Waals surface area contributed by atoms with Gasteiger partial charge in [-0.1, -0.05) is 38.1 Å². The van der Waals surface area contributed by atoms with Crippen LogP contribution in [0.15, 0.2) is 24.3 Å². The van der Waals surface area contributed by atoms with E-state index in [0.717, 1.165) is 12.8 Å². The van der Waals surface area contributed by atoms with Crippen LogP contribution in [0.4, 0.5) is 0 Å². The summed E-state index contributed by atoms with van der Waals surface area (Å²) in [5.74, 6) is -0.927. The van der Waals surface area contributed by atoms with E-state index in [2.05, 4.69) is 17.4 Å². The van der Waals surface area contributed by atoms with Gasteiger partial charge in [0.1, 0.15) is 0 Å². The van der Waals surface area contributed by atoms with Gasteiger partial charge in [0.25, 0.3) is 0 Å². The molecule has 0 bridgehead atoms. The summed E-state index contributed by atoms with van der Waals surface area (Å²) in [7, 11) is 0. The van der Waals surface area contributed by atoms with Gasteiger partial charge in [-0.25, -0.2) is 0 Å². The highest BCUT2D eigenvalue weighted by molar-refractivity contribution is 5.82. The number of benzene rings is 1. The molecule has 1 aliphatic carbocycles. The average molecular weight is 289 g/mol. The summed E-state index contributed by atoms with van der Waals surface area (Å²) < 4.78 is 0. The number of hydrogen-bond acceptors (Lipinski definition) is 2. The van der Waals surface area contributed by atoms with E-state index in [1.54, 1.807) is 0 Å². The molecule has 1 amide bonds. The number of carbonyl (C=O) groups is 2. The minimum Gasteiger partial charge on any atom is -0.481 e. The van der Waals surface area contributed by atoms with Gasteiger partial charge in [0.2, 0.25) is 5.91 Å². The van der Waals surface area contributed by atoms with Gasteiger partial charge in [0.15, 0.2) is 0 Å². The number of amides is 1. The van der Waals surface area contributed by atoms with Gasteiger partial charge in [-0.2, -0.15) is 0 Å². The Hall–Kier alpha value is -1.84. The van der Waals surface area contributed by atoms with Crippen molar-refractivity contribution >= 4 is 11.9 Å². The summed E-state index contributed by atoms with van der Waals surface area (Å²) in [6.45, 7) is 3.92. The van der Waals surface area contributed by atoms with Crippen LogP contribution in [0, 0.1) is 11.3 Å². The van der Waals surface area contributed by atoms with Crippen molar-refractivity contribution in [3.63, 3.8) is 0 Å². The van der Waals surface area contributed by atoms with Crippen molar-refractivity contribution in [1.29, 1.82) is 0 Å². The standard InChI is InChI=1S/C17H23NO3/c1-3-17(4-2,16(20)21)11-18-15(19)14-9-12-7-5-6-8-13(12)10-14/h5-8,14H,3-4,9-11H2,1-2H3,(H,18,19)(H,20,21). The third-order valence-electron chi connectivity index (χ3n) is 4.83. The molecule has 0 radical (unpaired) electrons. The second-order valence-electron chi connectivity index (χ2n) is 5.88. The van der Waals surface area contributed by atoms with E-state index in [4.69, 9.17) is 0 Å². The normalized spacial score (nSPS) is 14.8. The van der Waals surface area contributed by atoms with Crippen LogP contribution in [-0.2, 0) is 22.4 Å². The van der Waals surface area contributed by atoms with Gasteiger partial charge < -0.3 is 10.4 Å². The Balaban J connectivity index is 1.96. The maximum absolute atomic E-state index is 12.3. The molecule has 114 valence electrons. The molecule has 2 N–H and O–H groups in total. The Labute approximate surface area is 125 Å². The molecule has 1 aromatic carbocycles. The maximum atomic E-state index is 12.3. The topological polar surface area (TPSA) is 66.4 Å².